The van der Waals surface area contributed by atoms with E-state index in [1.54, 1.807) is 0 Å². The van der Waals surface area contributed by atoms with Crippen molar-refractivity contribution in [3.8, 4) is 0 Å². The number of aromatic nitrogens is 2. The van der Waals surface area contributed by atoms with Crippen molar-refractivity contribution in [3.63, 3.8) is 0 Å². The maximum absolute atomic E-state index is 13.4. The molecule has 2 aromatic carbocycles. The van der Waals surface area contributed by atoms with Gasteiger partial charge in [0, 0.05) is 24.5 Å². The molecule has 2 heterocycles. The molecule has 28 heavy (non-hydrogen) atoms. The highest BCUT2D eigenvalue weighted by atomic mass is 19.1. The number of para-hydroxylation sites is 1. The summed E-state index contributed by atoms with van der Waals surface area (Å²) in [7, 11) is 0. The molecule has 9 heteroatoms. The average molecular weight is 388 g/mol. The van der Waals surface area contributed by atoms with Gasteiger partial charge in [0.05, 0.1) is 11.1 Å². The van der Waals surface area contributed by atoms with Gasteiger partial charge in [0.15, 0.2) is 5.82 Å². The van der Waals surface area contributed by atoms with Crippen molar-refractivity contribution in [1.82, 2.24) is 15.3 Å². The second-order valence-corrected chi connectivity index (χ2v) is 6.74. The van der Waals surface area contributed by atoms with Crippen LogP contribution in [0.4, 0.5) is 19.4 Å². The Kier molecular flexibility index (Phi) is 4.70. The summed E-state index contributed by atoms with van der Waals surface area (Å²) < 4.78 is 26.9. The lowest BCUT2D eigenvalue weighted by Gasteiger charge is -2.37. The number of halogens is 2. The fraction of sp³-hybridized carbons (Fsp3) is 0.263. The van der Waals surface area contributed by atoms with Crippen LogP contribution < -0.4 is 5.32 Å². The lowest BCUT2D eigenvalue weighted by molar-refractivity contribution is -0.148. The topological polar surface area (TPSA) is 90.5 Å². The summed E-state index contributed by atoms with van der Waals surface area (Å²) in [4.78, 5) is 17.4. The van der Waals surface area contributed by atoms with Gasteiger partial charge in [-0.3, -0.25) is 10.4 Å². The van der Waals surface area contributed by atoms with E-state index in [2.05, 4.69) is 15.5 Å². The molecule has 1 amide bonds. The summed E-state index contributed by atoms with van der Waals surface area (Å²) in [6, 6.07) is 10.3. The zero-order valence-electron chi connectivity index (χ0n) is 14.8. The van der Waals surface area contributed by atoms with E-state index < -0.39 is 23.3 Å². The first-order valence-corrected chi connectivity index (χ1v) is 8.79. The Balaban J connectivity index is 1.37. The number of carbonyl (C=O) groups is 1. The smallest absolute Gasteiger partial charge is 0.385 e. The fourth-order valence-corrected chi connectivity index (χ4v) is 3.35. The Morgan fingerprint density at radius 2 is 1.86 bits per heavy atom. The van der Waals surface area contributed by atoms with Crippen molar-refractivity contribution in [2.45, 2.75) is 18.4 Å². The molecule has 1 saturated heterocycles. The van der Waals surface area contributed by atoms with Crippen molar-refractivity contribution in [2.75, 3.05) is 18.4 Å². The summed E-state index contributed by atoms with van der Waals surface area (Å²) in [5.74, 6) is -1.13. The molecular formula is C19H18F2N4O3. The number of aliphatic hydroxyl groups is 1. The molecule has 0 unspecified atom stereocenters. The molecule has 146 valence electrons. The van der Waals surface area contributed by atoms with Gasteiger partial charge in [-0.2, -0.15) is 5.10 Å². The minimum atomic E-state index is -1.38. The van der Waals surface area contributed by atoms with Crippen LogP contribution in [0.25, 0.3) is 10.9 Å². The van der Waals surface area contributed by atoms with Gasteiger partial charge in [-0.15, -0.1) is 5.06 Å². The summed E-state index contributed by atoms with van der Waals surface area (Å²) >= 11 is 0. The summed E-state index contributed by atoms with van der Waals surface area (Å²) in [5.41, 5.74) is -0.419. The minimum absolute atomic E-state index is 0.161. The first kappa shape index (κ1) is 18.3. The van der Waals surface area contributed by atoms with Crippen LogP contribution in [-0.4, -0.2) is 39.5 Å². The van der Waals surface area contributed by atoms with Gasteiger partial charge in [0.1, 0.15) is 11.6 Å². The normalized spacial score (nSPS) is 16.8. The molecule has 3 N–H and O–H groups in total. The average Bonchev–Trinajstić information content (AvgIpc) is 3.06. The number of amides is 1. The molecule has 7 nitrogen and oxygen atoms in total. The molecule has 1 fully saturated rings. The molecule has 1 aromatic heterocycles. The van der Waals surface area contributed by atoms with Gasteiger partial charge in [0.25, 0.3) is 0 Å². The number of carbonyl (C=O) groups excluding carboxylic acids is 1. The molecule has 3 aromatic rings. The molecule has 1 aliphatic heterocycles. The van der Waals surface area contributed by atoms with Crippen molar-refractivity contribution < 1.29 is 23.5 Å². The second-order valence-electron chi connectivity index (χ2n) is 6.74. The minimum Gasteiger partial charge on any atom is -0.385 e. The third-order valence-corrected chi connectivity index (χ3v) is 4.85. The van der Waals surface area contributed by atoms with Gasteiger partial charge in [-0.1, -0.05) is 12.1 Å². The quantitative estimate of drug-likeness (QED) is 0.641. The number of H-pyrrole nitrogens is 1. The second kappa shape index (κ2) is 7.17. The van der Waals surface area contributed by atoms with Crippen LogP contribution in [0.2, 0.25) is 0 Å². The largest absolute Gasteiger partial charge is 0.432 e. The van der Waals surface area contributed by atoms with E-state index in [9.17, 15) is 18.7 Å². The standard InChI is InChI=1S/C19H18F2N4O3/c20-13-9-12(10-14(21)11-13)19(27)5-7-25(8-6-19)28-18(26)22-17-15-3-1-2-4-16(15)23-24-17/h1-4,9-11,27H,5-8H2,(H2,22,23,24,26). The number of nitrogens with one attached hydrogen (secondary N) is 2. The van der Waals surface area contributed by atoms with Crippen LogP contribution in [0, 0.1) is 11.6 Å². The highest BCUT2D eigenvalue weighted by molar-refractivity contribution is 5.96. The summed E-state index contributed by atoms with van der Waals surface area (Å²) in [6.07, 6.45) is -0.386. The van der Waals surface area contributed by atoms with Gasteiger partial charge < -0.3 is 9.94 Å². The van der Waals surface area contributed by atoms with Gasteiger partial charge in [-0.25, -0.2) is 13.6 Å². The van der Waals surface area contributed by atoms with E-state index in [-0.39, 0.29) is 31.5 Å². The lowest BCUT2D eigenvalue weighted by Crippen LogP contribution is -2.44. The predicted molar refractivity (Wildman–Crippen MR) is 97.3 cm³/mol. The molecule has 0 aliphatic carbocycles. The van der Waals surface area contributed by atoms with Crippen molar-refractivity contribution in [2.24, 2.45) is 0 Å². The Hall–Kier alpha value is -3.04. The van der Waals surface area contributed by atoms with E-state index in [4.69, 9.17) is 4.84 Å². The van der Waals surface area contributed by atoms with E-state index in [1.807, 2.05) is 24.3 Å². The molecule has 1 aliphatic rings. The number of anilines is 1. The van der Waals surface area contributed by atoms with Crippen LogP contribution in [0.1, 0.15) is 18.4 Å². The Morgan fingerprint density at radius 3 is 2.57 bits per heavy atom. The number of rotatable bonds is 3. The number of nitrogens with zero attached hydrogens (tertiary/aromatic N) is 2. The number of fused-ring (bicyclic) bond motifs is 1. The number of hydrogen-bond acceptors (Lipinski definition) is 5. The molecule has 0 radical (unpaired) electrons. The zero-order chi connectivity index (χ0) is 19.7. The molecule has 4 rings (SSSR count). The van der Waals surface area contributed by atoms with E-state index in [1.165, 1.54) is 5.06 Å². The maximum atomic E-state index is 13.4. The first-order valence-electron chi connectivity index (χ1n) is 8.79. The third kappa shape index (κ3) is 3.67. The van der Waals surface area contributed by atoms with Gasteiger partial charge in [-0.05, 0) is 42.7 Å². The van der Waals surface area contributed by atoms with Gasteiger partial charge >= 0.3 is 6.09 Å². The monoisotopic (exact) mass is 388 g/mol. The van der Waals surface area contributed by atoms with Crippen molar-refractivity contribution in [1.29, 1.82) is 0 Å². The Morgan fingerprint density at radius 1 is 1.18 bits per heavy atom. The van der Waals surface area contributed by atoms with E-state index in [0.717, 1.165) is 29.1 Å². The molecule has 0 saturated carbocycles. The number of aromatic amines is 1. The highest BCUT2D eigenvalue weighted by Crippen LogP contribution is 2.33. The van der Waals surface area contributed by atoms with Crippen LogP contribution >= 0.6 is 0 Å². The molecule has 0 atom stereocenters. The van der Waals surface area contributed by atoms with Gasteiger partial charge in [0.2, 0.25) is 0 Å². The zero-order valence-corrected chi connectivity index (χ0v) is 14.8. The van der Waals surface area contributed by atoms with Crippen LogP contribution in [0.15, 0.2) is 42.5 Å². The summed E-state index contributed by atoms with van der Waals surface area (Å²) in [5, 5.41) is 22.3. The third-order valence-electron chi connectivity index (χ3n) is 4.85. The highest BCUT2D eigenvalue weighted by Gasteiger charge is 2.36. The lowest BCUT2D eigenvalue weighted by atomic mass is 9.85. The van der Waals surface area contributed by atoms with E-state index in [0.29, 0.717) is 5.82 Å². The van der Waals surface area contributed by atoms with Crippen LogP contribution in [-0.2, 0) is 10.4 Å². The van der Waals surface area contributed by atoms with Crippen molar-refractivity contribution in [3.05, 3.63) is 59.7 Å². The Bertz CT molecular complexity index is 995. The van der Waals surface area contributed by atoms with Crippen LogP contribution in [0.3, 0.4) is 0 Å². The SMILES string of the molecule is O=C(Nc1n[nH]c2ccccc12)ON1CCC(O)(c2cc(F)cc(F)c2)CC1. The maximum Gasteiger partial charge on any atom is 0.432 e. The molecular weight excluding hydrogens is 370 g/mol. The number of hydroxylamine groups is 2. The predicted octanol–water partition coefficient (Wildman–Crippen LogP) is 3.29. The summed E-state index contributed by atoms with van der Waals surface area (Å²) in [6.45, 7) is 0.423. The number of piperidine rings is 1. The fourth-order valence-electron chi connectivity index (χ4n) is 3.35. The Labute approximate surface area is 158 Å². The molecule has 0 bridgehead atoms. The first-order chi connectivity index (χ1) is 13.4. The van der Waals surface area contributed by atoms with Crippen LogP contribution in [0.5, 0.6) is 0 Å². The van der Waals surface area contributed by atoms with E-state index >= 15 is 0 Å². The molecule has 0 spiro atoms. The number of benzene rings is 2. The van der Waals surface area contributed by atoms with Crippen molar-refractivity contribution >= 4 is 22.8 Å². The number of hydrogen-bond donors (Lipinski definition) is 3.